The molecule has 0 aliphatic carbocycles. The summed E-state index contributed by atoms with van der Waals surface area (Å²) in [7, 11) is 4.78. The van der Waals surface area contributed by atoms with E-state index in [1.807, 2.05) is 12.1 Å². The number of fused-ring (bicyclic) bond motifs is 1. The first-order valence-electron chi connectivity index (χ1n) is 7.56. The topological polar surface area (TPSA) is 60.0 Å². The Balaban J connectivity index is 2.02. The molecule has 1 amide bonds. The van der Waals surface area contributed by atoms with Gasteiger partial charge in [0.25, 0.3) is 0 Å². The third kappa shape index (κ3) is 2.27. The number of carbonyl (C=O) groups is 1. The molecule has 2 aliphatic heterocycles. The second-order valence-corrected chi connectivity index (χ2v) is 5.58. The molecule has 0 radical (unpaired) electrons. The molecule has 1 N–H and O–H groups in total. The van der Waals surface area contributed by atoms with Crippen LogP contribution in [0.2, 0.25) is 0 Å². The van der Waals surface area contributed by atoms with Crippen molar-refractivity contribution >= 4 is 5.91 Å². The number of methoxy groups -OCH3 is 3. The van der Waals surface area contributed by atoms with Gasteiger partial charge in [0.2, 0.25) is 11.7 Å². The van der Waals surface area contributed by atoms with Gasteiger partial charge >= 0.3 is 0 Å². The van der Waals surface area contributed by atoms with E-state index in [9.17, 15) is 4.79 Å². The fourth-order valence-corrected chi connectivity index (χ4v) is 3.45. The number of carbonyl (C=O) groups excluding carboxylic acids is 1. The van der Waals surface area contributed by atoms with Gasteiger partial charge in [-0.05, 0) is 25.0 Å². The molecule has 2 heterocycles. The number of nitrogens with one attached hydrogen (secondary N) is 1. The number of benzene rings is 1. The molecule has 1 aromatic rings. The predicted molar refractivity (Wildman–Crippen MR) is 81.3 cm³/mol. The molecule has 0 bridgehead atoms. The van der Waals surface area contributed by atoms with Crippen molar-refractivity contribution in [2.45, 2.75) is 31.5 Å². The zero-order chi connectivity index (χ0) is 15.7. The Bertz CT molecular complexity index is 576. The van der Waals surface area contributed by atoms with E-state index in [1.165, 1.54) is 0 Å². The summed E-state index contributed by atoms with van der Waals surface area (Å²) in [5.74, 6) is 1.87. The highest BCUT2D eigenvalue weighted by molar-refractivity contribution is 5.84. The van der Waals surface area contributed by atoms with Gasteiger partial charge < -0.3 is 19.5 Å². The van der Waals surface area contributed by atoms with Crippen LogP contribution in [0.5, 0.6) is 17.2 Å². The highest BCUT2D eigenvalue weighted by atomic mass is 16.5. The van der Waals surface area contributed by atoms with Gasteiger partial charge in [0.15, 0.2) is 11.5 Å². The van der Waals surface area contributed by atoms with E-state index in [4.69, 9.17) is 14.2 Å². The van der Waals surface area contributed by atoms with E-state index < -0.39 is 0 Å². The van der Waals surface area contributed by atoms with Crippen LogP contribution in [-0.2, 0) is 4.79 Å². The molecule has 2 unspecified atom stereocenters. The third-order valence-corrected chi connectivity index (χ3v) is 4.49. The van der Waals surface area contributed by atoms with Gasteiger partial charge in [0.05, 0.1) is 27.4 Å². The molecular weight excluding hydrogens is 284 g/mol. The minimum absolute atomic E-state index is 0.0310. The number of piperidine rings is 1. The van der Waals surface area contributed by atoms with E-state index in [0.717, 1.165) is 31.4 Å². The summed E-state index contributed by atoms with van der Waals surface area (Å²) < 4.78 is 16.3. The van der Waals surface area contributed by atoms with Gasteiger partial charge in [0, 0.05) is 12.1 Å². The van der Waals surface area contributed by atoms with Crippen LogP contribution in [0.15, 0.2) is 12.1 Å². The van der Waals surface area contributed by atoms with Gasteiger partial charge in [-0.15, -0.1) is 0 Å². The summed E-state index contributed by atoms with van der Waals surface area (Å²) in [5, 5.41) is 3.09. The summed E-state index contributed by atoms with van der Waals surface area (Å²) in [6.45, 7) is 0.908. The average molecular weight is 306 g/mol. The zero-order valence-electron chi connectivity index (χ0n) is 13.2. The van der Waals surface area contributed by atoms with E-state index in [2.05, 4.69) is 10.2 Å². The molecule has 3 rings (SSSR count). The fraction of sp³-hybridized carbons (Fsp3) is 0.562. The second-order valence-electron chi connectivity index (χ2n) is 5.58. The molecule has 0 spiro atoms. The van der Waals surface area contributed by atoms with Crippen molar-refractivity contribution in [3.05, 3.63) is 17.7 Å². The smallest absolute Gasteiger partial charge is 0.238 e. The Morgan fingerprint density at radius 2 is 1.86 bits per heavy atom. The molecule has 2 aliphatic rings. The molecule has 2 fully saturated rings. The van der Waals surface area contributed by atoms with Crippen molar-refractivity contribution in [1.29, 1.82) is 0 Å². The van der Waals surface area contributed by atoms with E-state index in [1.54, 1.807) is 21.3 Å². The summed E-state index contributed by atoms with van der Waals surface area (Å²) in [6, 6.07) is 3.75. The van der Waals surface area contributed by atoms with Gasteiger partial charge in [0.1, 0.15) is 6.17 Å². The van der Waals surface area contributed by atoms with E-state index >= 15 is 0 Å². The molecule has 0 saturated carbocycles. The monoisotopic (exact) mass is 306 g/mol. The number of nitrogens with zero attached hydrogens (tertiary/aromatic N) is 1. The van der Waals surface area contributed by atoms with Gasteiger partial charge in [-0.3, -0.25) is 9.69 Å². The lowest BCUT2D eigenvalue weighted by Gasteiger charge is -2.32. The SMILES string of the molecule is COc1ccc(C2NC(=O)C3CCCCN32)c(OC)c1OC. The highest BCUT2D eigenvalue weighted by Gasteiger charge is 2.43. The standard InChI is InChI=1S/C16H22N2O4/c1-20-12-8-7-10(13(21-2)14(12)22-3)15-17-16(19)11-6-4-5-9-18(11)15/h7-8,11,15H,4-6,9H2,1-3H3,(H,17,19). The zero-order valence-corrected chi connectivity index (χ0v) is 13.2. The average Bonchev–Trinajstić information content (AvgIpc) is 2.90. The normalized spacial score (nSPS) is 24.6. The molecular formula is C16H22N2O4. The molecule has 22 heavy (non-hydrogen) atoms. The summed E-state index contributed by atoms with van der Waals surface area (Å²) in [4.78, 5) is 14.4. The van der Waals surface area contributed by atoms with Crippen LogP contribution in [0, 0.1) is 0 Å². The maximum atomic E-state index is 12.2. The Labute approximate surface area is 130 Å². The molecule has 6 heteroatoms. The van der Waals surface area contributed by atoms with E-state index in [-0.39, 0.29) is 18.1 Å². The van der Waals surface area contributed by atoms with Crippen LogP contribution in [0.3, 0.4) is 0 Å². The van der Waals surface area contributed by atoms with Crippen LogP contribution in [-0.4, -0.2) is 44.7 Å². The highest BCUT2D eigenvalue weighted by Crippen LogP contribution is 2.44. The number of ether oxygens (including phenoxy) is 3. The van der Waals surface area contributed by atoms with Crippen molar-refractivity contribution in [1.82, 2.24) is 10.2 Å². The lowest BCUT2D eigenvalue weighted by Crippen LogP contribution is -2.38. The van der Waals surface area contributed by atoms with Crippen molar-refractivity contribution in [3.8, 4) is 17.2 Å². The lowest BCUT2D eigenvalue weighted by molar-refractivity contribution is -0.122. The van der Waals surface area contributed by atoms with Crippen LogP contribution in [0.25, 0.3) is 0 Å². The van der Waals surface area contributed by atoms with E-state index in [0.29, 0.717) is 17.2 Å². The maximum absolute atomic E-state index is 12.2. The van der Waals surface area contributed by atoms with Crippen LogP contribution in [0.1, 0.15) is 31.0 Å². The minimum Gasteiger partial charge on any atom is -0.493 e. The maximum Gasteiger partial charge on any atom is 0.238 e. The number of amides is 1. The molecule has 1 aromatic carbocycles. The Kier molecular flexibility index (Phi) is 4.11. The van der Waals surface area contributed by atoms with Crippen molar-refractivity contribution in [2.24, 2.45) is 0 Å². The first-order chi connectivity index (χ1) is 10.7. The van der Waals surface area contributed by atoms with Crippen LogP contribution < -0.4 is 19.5 Å². The van der Waals surface area contributed by atoms with Crippen molar-refractivity contribution < 1.29 is 19.0 Å². The molecule has 2 atom stereocenters. The predicted octanol–water partition coefficient (Wildman–Crippen LogP) is 1.70. The Morgan fingerprint density at radius 1 is 1.09 bits per heavy atom. The van der Waals surface area contributed by atoms with Gasteiger partial charge in [-0.2, -0.15) is 0 Å². The largest absolute Gasteiger partial charge is 0.493 e. The first-order valence-corrected chi connectivity index (χ1v) is 7.56. The molecule has 0 aromatic heterocycles. The molecule has 6 nitrogen and oxygen atoms in total. The van der Waals surface area contributed by atoms with Crippen molar-refractivity contribution in [2.75, 3.05) is 27.9 Å². The number of hydrogen-bond acceptors (Lipinski definition) is 5. The second kappa shape index (κ2) is 6.04. The minimum atomic E-state index is -0.174. The summed E-state index contributed by atoms with van der Waals surface area (Å²) >= 11 is 0. The summed E-state index contributed by atoms with van der Waals surface area (Å²) in [6.07, 6.45) is 2.95. The fourth-order valence-electron chi connectivity index (χ4n) is 3.45. The van der Waals surface area contributed by atoms with Gasteiger partial charge in [-0.1, -0.05) is 6.42 Å². The number of rotatable bonds is 4. The molecule has 2 saturated heterocycles. The first kappa shape index (κ1) is 15.0. The quantitative estimate of drug-likeness (QED) is 0.917. The molecule has 120 valence electrons. The van der Waals surface area contributed by atoms with Gasteiger partial charge in [-0.25, -0.2) is 0 Å². The lowest BCUT2D eigenvalue weighted by atomic mass is 10.0. The van der Waals surface area contributed by atoms with Crippen LogP contribution in [0.4, 0.5) is 0 Å². The number of hydrogen-bond donors (Lipinski definition) is 1. The Morgan fingerprint density at radius 3 is 2.55 bits per heavy atom. The summed E-state index contributed by atoms with van der Waals surface area (Å²) in [5.41, 5.74) is 0.901. The van der Waals surface area contributed by atoms with Crippen molar-refractivity contribution in [3.63, 3.8) is 0 Å². The third-order valence-electron chi connectivity index (χ3n) is 4.49. The van der Waals surface area contributed by atoms with Crippen LogP contribution >= 0.6 is 0 Å². The Hall–Kier alpha value is -1.95.